The predicted octanol–water partition coefficient (Wildman–Crippen LogP) is 0.598. The largest absolute Gasteiger partial charge is 0.425 e. The van der Waals surface area contributed by atoms with Gasteiger partial charge in [-0.1, -0.05) is 60.7 Å². The fourth-order valence-corrected chi connectivity index (χ4v) is 5.82. The minimum atomic E-state index is -2.96. The van der Waals surface area contributed by atoms with Crippen molar-refractivity contribution in [3.63, 3.8) is 0 Å². The molecule has 4 heterocycles. The van der Waals surface area contributed by atoms with Crippen molar-refractivity contribution in [1.82, 2.24) is 19.8 Å². The van der Waals surface area contributed by atoms with Gasteiger partial charge in [0.15, 0.2) is 0 Å². The Hall–Kier alpha value is -5.35. The predicted molar refractivity (Wildman–Crippen MR) is 152 cm³/mol. The van der Waals surface area contributed by atoms with Crippen molar-refractivity contribution < 1.29 is 57.3 Å². The average molecular weight is 651 g/mol. The molecule has 2 aromatic carbocycles. The number of ether oxygens (including phenoxy) is 4. The molecule has 4 aliphatic heterocycles. The van der Waals surface area contributed by atoms with Gasteiger partial charge in [-0.05, 0) is 18.2 Å². The number of carbonyl (C=O) groups excluding carboxylic acids is 7. The first kappa shape index (κ1) is 31.6. The van der Waals surface area contributed by atoms with Crippen LogP contribution in [0.3, 0.4) is 0 Å². The van der Waals surface area contributed by atoms with E-state index in [0.717, 1.165) is 0 Å². The number of amides is 3. The molecule has 0 aromatic heterocycles. The molecule has 0 aliphatic carbocycles. The maximum atomic E-state index is 15.2. The molecule has 1 unspecified atom stereocenters. The van der Waals surface area contributed by atoms with E-state index in [4.69, 9.17) is 23.8 Å². The van der Waals surface area contributed by atoms with Crippen LogP contribution in [0, 0.1) is 0 Å². The van der Waals surface area contributed by atoms with Gasteiger partial charge < -0.3 is 28.7 Å². The summed E-state index contributed by atoms with van der Waals surface area (Å²) in [5.41, 5.74) is -1.82. The molecule has 2 aromatic rings. The van der Waals surface area contributed by atoms with Crippen LogP contribution in [0.15, 0.2) is 60.7 Å². The second kappa shape index (κ2) is 12.4. The lowest BCUT2D eigenvalue weighted by Gasteiger charge is -2.46. The number of imide groups is 1. The Bertz CT molecular complexity index is 1550. The van der Waals surface area contributed by atoms with Crippen LogP contribution in [0.5, 0.6) is 0 Å². The molecule has 1 atom stereocenters. The molecule has 0 saturated carbocycles. The van der Waals surface area contributed by atoms with Gasteiger partial charge in [0.25, 0.3) is 5.91 Å². The van der Waals surface area contributed by atoms with E-state index in [1.165, 1.54) is 4.90 Å². The fourth-order valence-electron chi connectivity index (χ4n) is 5.82. The van der Waals surface area contributed by atoms with Crippen molar-refractivity contribution in [2.45, 2.75) is 43.5 Å². The second-order valence-electron chi connectivity index (χ2n) is 11.2. The summed E-state index contributed by atoms with van der Waals surface area (Å²) in [5.74, 6) is -6.69. The van der Waals surface area contributed by atoms with Gasteiger partial charge in [0.05, 0.1) is 25.7 Å². The summed E-state index contributed by atoms with van der Waals surface area (Å²) in [6.45, 7) is 0.590. The Morgan fingerprint density at radius 1 is 0.723 bits per heavy atom. The summed E-state index contributed by atoms with van der Waals surface area (Å²) in [5, 5.41) is 0.589. The monoisotopic (exact) mass is 650 g/mol. The highest BCUT2D eigenvalue weighted by molar-refractivity contribution is 6.10. The number of hydrogen-bond donors (Lipinski definition) is 0. The molecule has 3 amide bonds. The summed E-state index contributed by atoms with van der Waals surface area (Å²) < 4.78 is 21.6. The van der Waals surface area contributed by atoms with Crippen molar-refractivity contribution in [3.8, 4) is 0 Å². The SMILES string of the molecule is CN1CCN(C2(OC(=O)C3OC(=O)CCC(=O)O3)OC(=O)CCC(=O)ON3C(=O)N2C(=O)C3(c2ccccc2)c2ccccc2)CC1. The summed E-state index contributed by atoms with van der Waals surface area (Å²) >= 11 is 0. The molecule has 246 valence electrons. The maximum absolute atomic E-state index is 15.2. The van der Waals surface area contributed by atoms with Crippen molar-refractivity contribution in [1.29, 1.82) is 0 Å². The number of benzene rings is 2. The number of esters is 4. The first-order valence-electron chi connectivity index (χ1n) is 14.8. The number of carbonyl (C=O) groups is 7. The van der Waals surface area contributed by atoms with Crippen molar-refractivity contribution in [2.75, 3.05) is 33.2 Å². The first-order chi connectivity index (χ1) is 22.6. The van der Waals surface area contributed by atoms with Crippen LogP contribution in [0.4, 0.5) is 4.79 Å². The molecule has 4 fully saturated rings. The lowest BCUT2D eigenvalue weighted by atomic mass is 9.82. The number of fused-ring (bicyclic) bond motifs is 2. The van der Waals surface area contributed by atoms with E-state index < -0.39 is 72.5 Å². The van der Waals surface area contributed by atoms with Crippen molar-refractivity contribution in [2.24, 2.45) is 0 Å². The Balaban J connectivity index is 1.58. The van der Waals surface area contributed by atoms with E-state index in [-0.39, 0.29) is 37.1 Å². The van der Waals surface area contributed by atoms with E-state index in [1.54, 1.807) is 60.7 Å². The van der Waals surface area contributed by atoms with Gasteiger partial charge in [0.1, 0.15) is 0 Å². The quantitative estimate of drug-likeness (QED) is 0.324. The highest BCUT2D eigenvalue weighted by Gasteiger charge is 2.71. The zero-order chi connectivity index (χ0) is 33.3. The van der Waals surface area contributed by atoms with E-state index in [2.05, 4.69) is 0 Å². The lowest BCUT2D eigenvalue weighted by Crippen LogP contribution is -2.70. The molecule has 16 heteroatoms. The Morgan fingerprint density at radius 3 is 1.79 bits per heavy atom. The molecule has 16 nitrogen and oxygen atoms in total. The van der Waals surface area contributed by atoms with Crippen LogP contribution in [0.25, 0.3) is 0 Å². The van der Waals surface area contributed by atoms with Gasteiger partial charge in [0, 0.05) is 26.2 Å². The second-order valence-corrected chi connectivity index (χ2v) is 11.2. The van der Waals surface area contributed by atoms with Gasteiger partial charge >= 0.3 is 48.2 Å². The van der Waals surface area contributed by atoms with Gasteiger partial charge in [-0.2, -0.15) is 4.90 Å². The Morgan fingerprint density at radius 2 is 1.23 bits per heavy atom. The molecule has 0 N–H and O–H groups in total. The molecule has 6 rings (SSSR count). The number of rotatable bonds is 5. The topological polar surface area (TPSA) is 179 Å². The number of likely N-dealkylation sites (N-methyl/N-ethyl adjacent to an activating group) is 1. The number of cyclic esters (lactones) is 3. The summed E-state index contributed by atoms with van der Waals surface area (Å²) in [6, 6.07) is 11.7. The molecule has 2 bridgehead atoms. The summed E-state index contributed by atoms with van der Waals surface area (Å²) in [7, 11) is 1.81. The highest BCUT2D eigenvalue weighted by Crippen LogP contribution is 2.47. The van der Waals surface area contributed by atoms with Crippen LogP contribution in [-0.4, -0.2) is 107 Å². The van der Waals surface area contributed by atoms with Gasteiger partial charge in [-0.15, -0.1) is 5.06 Å². The standard InChI is InChI=1S/C31H30N4O12/c1-32-16-18-33(19-17-32)31(46-26(40)27-43-22(36)12-13-23(37)44-27)34-28(41)30(20-8-4-2-5-9-20,21-10-6-3-7-11-21)35(29(34)42)47-25(39)15-14-24(38)45-31/h2-11,27H,12-19H2,1H3. The van der Waals surface area contributed by atoms with E-state index >= 15 is 4.79 Å². The fraction of sp³-hybridized carbons (Fsp3) is 0.387. The smallest absolute Gasteiger partial charge is 0.414 e. The van der Waals surface area contributed by atoms with Crippen LogP contribution < -0.4 is 0 Å². The molecular formula is C31H30N4O12. The average Bonchev–Trinajstić information content (AvgIpc) is 3.15. The van der Waals surface area contributed by atoms with Crippen LogP contribution in [-0.2, 0) is 58.1 Å². The number of hydroxylamine groups is 2. The molecular weight excluding hydrogens is 620 g/mol. The van der Waals surface area contributed by atoms with Crippen LogP contribution in [0.2, 0.25) is 0 Å². The molecule has 47 heavy (non-hydrogen) atoms. The lowest BCUT2D eigenvalue weighted by molar-refractivity contribution is -0.344. The Kier molecular flexibility index (Phi) is 8.38. The van der Waals surface area contributed by atoms with Crippen molar-refractivity contribution in [3.05, 3.63) is 71.8 Å². The molecule has 0 spiro atoms. The third-order valence-corrected chi connectivity index (χ3v) is 8.16. The van der Waals surface area contributed by atoms with Gasteiger partial charge in [-0.25, -0.2) is 19.3 Å². The number of urea groups is 1. The summed E-state index contributed by atoms with van der Waals surface area (Å²) in [6.07, 6.45) is -4.15. The molecule has 0 radical (unpaired) electrons. The Labute approximate surface area is 267 Å². The van der Waals surface area contributed by atoms with Crippen LogP contribution in [0.1, 0.15) is 36.8 Å². The van der Waals surface area contributed by atoms with E-state index in [1.807, 2.05) is 11.9 Å². The van der Waals surface area contributed by atoms with E-state index in [9.17, 15) is 28.8 Å². The summed E-state index contributed by atoms with van der Waals surface area (Å²) in [4.78, 5) is 104. The number of piperazine rings is 1. The van der Waals surface area contributed by atoms with Gasteiger partial charge in [0.2, 0.25) is 5.54 Å². The minimum Gasteiger partial charge on any atom is -0.414 e. The number of hydrogen-bond acceptors (Lipinski definition) is 14. The maximum Gasteiger partial charge on any atom is 0.425 e. The normalized spacial score (nSPS) is 24.5. The van der Waals surface area contributed by atoms with E-state index in [0.29, 0.717) is 23.1 Å². The van der Waals surface area contributed by atoms with Crippen molar-refractivity contribution >= 4 is 41.8 Å². The van der Waals surface area contributed by atoms with Crippen LogP contribution >= 0.6 is 0 Å². The molecule has 4 aliphatic rings. The first-order valence-corrected chi connectivity index (χ1v) is 14.8. The third-order valence-electron chi connectivity index (χ3n) is 8.16. The highest BCUT2D eigenvalue weighted by atomic mass is 16.8. The molecule has 4 saturated heterocycles. The zero-order valence-corrected chi connectivity index (χ0v) is 25.2. The number of nitrogens with zero attached hydrogens (tertiary/aromatic N) is 4. The minimum absolute atomic E-state index is 0.0121. The zero-order valence-electron chi connectivity index (χ0n) is 25.2. The third kappa shape index (κ3) is 5.54. The van der Waals surface area contributed by atoms with Gasteiger partial charge in [-0.3, -0.25) is 19.2 Å².